The van der Waals surface area contributed by atoms with Crippen LogP contribution in [-0.2, 0) is 4.57 Å². The predicted octanol–water partition coefficient (Wildman–Crippen LogP) is 3.77. The summed E-state index contributed by atoms with van der Waals surface area (Å²) in [5, 5.41) is 35.0. The maximum Gasteiger partial charge on any atom is 0.336 e. The van der Waals surface area contributed by atoms with E-state index in [4.69, 9.17) is 20.4 Å². The molecule has 3 aromatic rings. The van der Waals surface area contributed by atoms with Gasteiger partial charge >= 0.3 is 23.9 Å². The van der Waals surface area contributed by atoms with Crippen LogP contribution in [0, 0.1) is 0 Å². The van der Waals surface area contributed by atoms with Crippen molar-refractivity contribution in [3.05, 3.63) is 101 Å². The summed E-state index contributed by atoms with van der Waals surface area (Å²) in [6.45, 7) is 0. The first-order valence-electron chi connectivity index (χ1n) is 8.68. The molecule has 0 aromatic heterocycles. The first-order valence-corrected chi connectivity index (χ1v) is 9.49. The highest BCUT2D eigenvalue weighted by Gasteiger charge is 2.14. The molecule has 3 rings (SSSR count). The molecule has 0 amide bonds. The van der Waals surface area contributed by atoms with Crippen LogP contribution in [0.15, 0.2) is 78.9 Å². The first-order chi connectivity index (χ1) is 15.2. The third-order valence-electron chi connectivity index (χ3n) is 3.64. The Morgan fingerprint density at radius 3 is 0.906 bits per heavy atom. The van der Waals surface area contributed by atoms with E-state index in [0.29, 0.717) is 0 Å². The van der Waals surface area contributed by atoms with E-state index in [0.717, 1.165) is 5.30 Å². The Morgan fingerprint density at radius 1 is 0.469 bits per heavy atom. The standard InChI is InChI=1S/2C8H6O4.C6H5OP/c2*9-7(10)5-3-1-2-4-6(5)8(11)12;7-8-6-4-2-1-3-5-6/h2*1-4H,(H,9,10)(H,11,12);1-5H. The monoisotopic (exact) mass is 456 g/mol. The molecule has 0 atom stereocenters. The average molecular weight is 456 g/mol. The van der Waals surface area contributed by atoms with Gasteiger partial charge in [0.25, 0.3) is 0 Å². The maximum atomic E-state index is 10.5. The van der Waals surface area contributed by atoms with Gasteiger partial charge in [0.15, 0.2) is 8.46 Å². The van der Waals surface area contributed by atoms with Crippen molar-refractivity contribution in [2.24, 2.45) is 0 Å². The summed E-state index contributed by atoms with van der Waals surface area (Å²) in [6, 6.07) is 20.2. The van der Waals surface area contributed by atoms with Crippen LogP contribution < -0.4 is 5.30 Å². The van der Waals surface area contributed by atoms with Crippen LogP contribution in [0.1, 0.15) is 41.4 Å². The Bertz CT molecular complexity index is 978. The smallest absolute Gasteiger partial charge is 0.336 e. The van der Waals surface area contributed by atoms with Crippen molar-refractivity contribution >= 4 is 37.6 Å². The first kappa shape index (κ1) is 25.7. The highest BCUT2D eigenvalue weighted by molar-refractivity contribution is 7.34. The largest absolute Gasteiger partial charge is 0.478 e. The Morgan fingerprint density at radius 2 is 0.719 bits per heavy atom. The lowest BCUT2D eigenvalue weighted by molar-refractivity contribution is 0.0651. The fourth-order valence-electron chi connectivity index (χ4n) is 2.20. The second-order valence-electron chi connectivity index (χ2n) is 5.74. The van der Waals surface area contributed by atoms with E-state index < -0.39 is 23.9 Å². The molecule has 0 spiro atoms. The van der Waals surface area contributed by atoms with Gasteiger partial charge in [0, 0.05) is 5.30 Å². The minimum atomic E-state index is -1.23. The highest BCUT2D eigenvalue weighted by atomic mass is 31.1. The van der Waals surface area contributed by atoms with Crippen LogP contribution in [0.25, 0.3) is 0 Å². The summed E-state index contributed by atoms with van der Waals surface area (Å²) in [5.74, 6) is -4.91. The summed E-state index contributed by atoms with van der Waals surface area (Å²) in [7, 11) is 0.0994. The lowest BCUT2D eigenvalue weighted by atomic mass is 10.1. The SMILES string of the molecule is O=C(O)c1ccccc1C(=O)O.O=C(O)c1ccccc1C(=O)O.O=Pc1ccccc1. The zero-order valence-electron chi connectivity index (χ0n) is 16.3. The molecule has 0 heterocycles. The molecule has 10 heteroatoms. The number of carboxylic acids is 4. The van der Waals surface area contributed by atoms with Gasteiger partial charge in [-0.25, -0.2) is 19.2 Å². The molecule has 0 radical (unpaired) electrons. The molecule has 4 N–H and O–H groups in total. The van der Waals surface area contributed by atoms with Crippen molar-refractivity contribution in [3.8, 4) is 0 Å². The summed E-state index contributed by atoms with van der Waals surface area (Å²) in [6.07, 6.45) is 0. The molecular weight excluding hydrogens is 439 g/mol. The minimum absolute atomic E-state index is 0.0994. The van der Waals surface area contributed by atoms with E-state index in [-0.39, 0.29) is 30.7 Å². The predicted molar refractivity (Wildman–Crippen MR) is 114 cm³/mol. The van der Waals surface area contributed by atoms with Crippen LogP contribution in [0.5, 0.6) is 0 Å². The minimum Gasteiger partial charge on any atom is -0.478 e. The van der Waals surface area contributed by atoms with E-state index in [1.54, 1.807) is 0 Å². The van der Waals surface area contributed by atoms with Crippen LogP contribution >= 0.6 is 8.46 Å². The second-order valence-corrected chi connectivity index (χ2v) is 6.44. The number of hydrogen-bond donors (Lipinski definition) is 4. The molecule has 32 heavy (non-hydrogen) atoms. The molecule has 9 nitrogen and oxygen atoms in total. The molecular formula is C22H17O9P. The van der Waals surface area contributed by atoms with Gasteiger partial charge in [-0.3, -0.25) is 4.57 Å². The fraction of sp³-hybridized carbons (Fsp3) is 0. The topological polar surface area (TPSA) is 166 Å². The van der Waals surface area contributed by atoms with Gasteiger partial charge in [-0.2, -0.15) is 0 Å². The van der Waals surface area contributed by atoms with Crippen molar-refractivity contribution in [1.29, 1.82) is 0 Å². The number of hydrogen-bond acceptors (Lipinski definition) is 5. The van der Waals surface area contributed by atoms with Gasteiger partial charge in [-0.05, 0) is 36.4 Å². The number of carboxylic acid groups (broad SMARTS) is 4. The van der Waals surface area contributed by atoms with Crippen molar-refractivity contribution in [2.45, 2.75) is 0 Å². The van der Waals surface area contributed by atoms with Gasteiger partial charge in [0.2, 0.25) is 0 Å². The maximum absolute atomic E-state index is 10.5. The van der Waals surface area contributed by atoms with Crippen LogP contribution in [0.4, 0.5) is 0 Å². The van der Waals surface area contributed by atoms with Crippen LogP contribution in [0.3, 0.4) is 0 Å². The Balaban J connectivity index is 0.000000245. The zero-order valence-corrected chi connectivity index (χ0v) is 17.2. The molecule has 0 aliphatic heterocycles. The van der Waals surface area contributed by atoms with Gasteiger partial charge in [0.05, 0.1) is 22.3 Å². The van der Waals surface area contributed by atoms with Crippen molar-refractivity contribution in [3.63, 3.8) is 0 Å². The van der Waals surface area contributed by atoms with Gasteiger partial charge < -0.3 is 20.4 Å². The fourth-order valence-corrected chi connectivity index (χ4v) is 2.49. The van der Waals surface area contributed by atoms with Crippen LogP contribution in [0.2, 0.25) is 0 Å². The molecule has 0 bridgehead atoms. The van der Waals surface area contributed by atoms with E-state index >= 15 is 0 Å². The zero-order chi connectivity index (χ0) is 24.1. The Labute approximate surface area is 183 Å². The molecule has 0 fully saturated rings. The quantitative estimate of drug-likeness (QED) is 0.418. The lowest BCUT2D eigenvalue weighted by Crippen LogP contribution is -2.06. The van der Waals surface area contributed by atoms with E-state index in [9.17, 15) is 23.7 Å². The van der Waals surface area contributed by atoms with Crippen molar-refractivity contribution in [2.75, 3.05) is 0 Å². The number of benzene rings is 3. The molecule has 0 aliphatic carbocycles. The second kappa shape index (κ2) is 13.0. The van der Waals surface area contributed by atoms with Crippen molar-refractivity contribution in [1.82, 2.24) is 0 Å². The summed E-state index contributed by atoms with van der Waals surface area (Å²) < 4.78 is 10.1. The van der Waals surface area contributed by atoms with Crippen LogP contribution in [-0.4, -0.2) is 44.3 Å². The number of carbonyl (C=O) groups is 4. The van der Waals surface area contributed by atoms with Crippen molar-refractivity contribution < 1.29 is 44.2 Å². The number of aromatic carboxylic acids is 4. The lowest BCUT2D eigenvalue weighted by Gasteiger charge is -1.98. The normalized spacial score (nSPS) is 9.38. The van der Waals surface area contributed by atoms with Gasteiger partial charge in [0.1, 0.15) is 0 Å². The van der Waals surface area contributed by atoms with E-state index in [1.807, 2.05) is 30.3 Å². The third kappa shape index (κ3) is 8.17. The van der Waals surface area contributed by atoms with E-state index in [1.165, 1.54) is 48.5 Å². The van der Waals surface area contributed by atoms with Gasteiger partial charge in [-0.15, -0.1) is 0 Å². The molecule has 0 unspecified atom stereocenters. The average Bonchev–Trinajstić information content (AvgIpc) is 2.80. The third-order valence-corrected chi connectivity index (χ3v) is 4.15. The highest BCUT2D eigenvalue weighted by Crippen LogP contribution is 2.08. The van der Waals surface area contributed by atoms with Gasteiger partial charge in [-0.1, -0.05) is 42.5 Å². The molecule has 0 aliphatic rings. The van der Waals surface area contributed by atoms with E-state index in [2.05, 4.69) is 0 Å². The summed E-state index contributed by atoms with van der Waals surface area (Å²) >= 11 is 0. The molecule has 0 saturated heterocycles. The summed E-state index contributed by atoms with van der Waals surface area (Å²) in [5.41, 5.74) is -0.759. The Kier molecular flexibility index (Phi) is 10.5. The Hall–Kier alpha value is -4.36. The molecule has 164 valence electrons. The summed E-state index contributed by atoms with van der Waals surface area (Å²) in [4.78, 5) is 41.9. The number of rotatable bonds is 5. The molecule has 0 saturated carbocycles. The molecule has 3 aromatic carbocycles.